The number of rotatable bonds is 6. The van der Waals surface area contributed by atoms with Crippen molar-refractivity contribution in [2.45, 2.75) is 39.2 Å². The first-order valence-electron chi connectivity index (χ1n) is 9.13. The molecule has 2 heterocycles. The number of amides is 2. The van der Waals surface area contributed by atoms with Crippen LogP contribution in [0.15, 0.2) is 41.0 Å². The zero-order chi connectivity index (χ0) is 18.5. The second-order valence-corrected chi connectivity index (χ2v) is 6.64. The standard InChI is InChI=1S/C20H25N3O3/c1-3-14(2)21-19(24)16-13-15(22-20(25)18-7-6-12-26-18)8-9-17(16)23-10-4-5-11-23/h6-9,12-14H,3-5,10-11H2,1-2H3,(H,21,24)(H,22,25). The molecule has 1 aliphatic rings. The van der Waals surface area contributed by atoms with Gasteiger partial charge in [0, 0.05) is 30.5 Å². The minimum absolute atomic E-state index is 0.0929. The second kappa shape index (κ2) is 8.08. The lowest BCUT2D eigenvalue weighted by molar-refractivity contribution is 0.0938. The maximum absolute atomic E-state index is 12.8. The second-order valence-electron chi connectivity index (χ2n) is 6.64. The van der Waals surface area contributed by atoms with Gasteiger partial charge in [0.15, 0.2) is 5.76 Å². The summed E-state index contributed by atoms with van der Waals surface area (Å²) in [5, 5.41) is 5.81. The van der Waals surface area contributed by atoms with Crippen molar-refractivity contribution in [1.82, 2.24) is 5.32 Å². The molecule has 1 fully saturated rings. The van der Waals surface area contributed by atoms with E-state index in [4.69, 9.17) is 4.42 Å². The maximum Gasteiger partial charge on any atom is 0.291 e. The lowest BCUT2D eigenvalue weighted by Crippen LogP contribution is -2.33. The smallest absolute Gasteiger partial charge is 0.291 e. The third-order valence-corrected chi connectivity index (χ3v) is 4.68. The van der Waals surface area contributed by atoms with E-state index in [0.29, 0.717) is 11.3 Å². The largest absolute Gasteiger partial charge is 0.459 e. The van der Waals surface area contributed by atoms with Gasteiger partial charge in [-0.15, -0.1) is 0 Å². The lowest BCUT2D eigenvalue weighted by Gasteiger charge is -2.22. The van der Waals surface area contributed by atoms with Crippen LogP contribution in [0.2, 0.25) is 0 Å². The fourth-order valence-electron chi connectivity index (χ4n) is 3.03. The minimum Gasteiger partial charge on any atom is -0.459 e. The van der Waals surface area contributed by atoms with Crippen LogP contribution in [0, 0.1) is 0 Å². The van der Waals surface area contributed by atoms with Crippen molar-refractivity contribution in [3.05, 3.63) is 47.9 Å². The van der Waals surface area contributed by atoms with E-state index in [0.717, 1.165) is 38.0 Å². The molecule has 2 N–H and O–H groups in total. The van der Waals surface area contributed by atoms with E-state index < -0.39 is 0 Å². The topological polar surface area (TPSA) is 74.6 Å². The van der Waals surface area contributed by atoms with Gasteiger partial charge in [-0.3, -0.25) is 9.59 Å². The molecule has 0 saturated carbocycles. The van der Waals surface area contributed by atoms with Gasteiger partial charge in [0.1, 0.15) is 0 Å². The average Bonchev–Trinajstić information content (AvgIpc) is 3.35. The van der Waals surface area contributed by atoms with E-state index in [1.54, 1.807) is 18.2 Å². The van der Waals surface area contributed by atoms with Crippen LogP contribution < -0.4 is 15.5 Å². The molecule has 0 bridgehead atoms. The number of nitrogens with zero attached hydrogens (tertiary/aromatic N) is 1. The van der Waals surface area contributed by atoms with Crippen LogP contribution in [-0.2, 0) is 0 Å². The Balaban J connectivity index is 1.86. The van der Waals surface area contributed by atoms with Gasteiger partial charge in [0.25, 0.3) is 11.8 Å². The third-order valence-electron chi connectivity index (χ3n) is 4.68. The normalized spacial score (nSPS) is 14.9. The Morgan fingerprint density at radius 1 is 1.19 bits per heavy atom. The van der Waals surface area contributed by atoms with E-state index in [2.05, 4.69) is 15.5 Å². The summed E-state index contributed by atoms with van der Waals surface area (Å²) in [5.41, 5.74) is 2.08. The van der Waals surface area contributed by atoms with E-state index in [1.165, 1.54) is 6.26 Å². The average molecular weight is 355 g/mol. The number of benzene rings is 1. The van der Waals surface area contributed by atoms with E-state index in [1.807, 2.05) is 26.0 Å². The third kappa shape index (κ3) is 4.07. The van der Waals surface area contributed by atoms with Gasteiger partial charge < -0.3 is 20.0 Å². The molecule has 0 radical (unpaired) electrons. The maximum atomic E-state index is 12.8. The predicted octanol–water partition coefficient (Wildman–Crippen LogP) is 3.66. The molecule has 1 aromatic heterocycles. The van der Waals surface area contributed by atoms with Crippen molar-refractivity contribution in [2.24, 2.45) is 0 Å². The number of anilines is 2. The SMILES string of the molecule is CCC(C)NC(=O)c1cc(NC(=O)c2ccco2)ccc1N1CCCC1. The summed E-state index contributed by atoms with van der Waals surface area (Å²) >= 11 is 0. The van der Waals surface area contributed by atoms with E-state index >= 15 is 0 Å². The number of furan rings is 1. The Kier molecular flexibility index (Phi) is 5.61. The molecule has 6 heteroatoms. The summed E-state index contributed by atoms with van der Waals surface area (Å²) < 4.78 is 5.12. The molecule has 6 nitrogen and oxygen atoms in total. The molecule has 1 aliphatic heterocycles. The highest BCUT2D eigenvalue weighted by Crippen LogP contribution is 2.28. The molecule has 0 spiro atoms. The first-order chi connectivity index (χ1) is 12.6. The summed E-state index contributed by atoms with van der Waals surface area (Å²) in [4.78, 5) is 27.2. The minimum atomic E-state index is -0.336. The highest BCUT2D eigenvalue weighted by molar-refractivity contribution is 6.05. The van der Waals surface area contributed by atoms with Crippen molar-refractivity contribution in [3.63, 3.8) is 0 Å². The Hall–Kier alpha value is -2.76. The molecule has 26 heavy (non-hydrogen) atoms. The van der Waals surface area contributed by atoms with Crippen LogP contribution in [0.4, 0.5) is 11.4 Å². The first kappa shape index (κ1) is 18.0. The van der Waals surface area contributed by atoms with Crippen molar-refractivity contribution in [1.29, 1.82) is 0 Å². The Labute approximate surface area is 153 Å². The Morgan fingerprint density at radius 2 is 1.96 bits per heavy atom. The first-order valence-corrected chi connectivity index (χ1v) is 9.13. The van der Waals surface area contributed by atoms with Crippen LogP contribution in [0.5, 0.6) is 0 Å². The zero-order valence-electron chi connectivity index (χ0n) is 15.2. The lowest BCUT2D eigenvalue weighted by atomic mass is 10.1. The molecular weight excluding hydrogens is 330 g/mol. The van der Waals surface area contributed by atoms with Gasteiger partial charge in [-0.25, -0.2) is 0 Å². The van der Waals surface area contributed by atoms with Crippen LogP contribution in [0.1, 0.15) is 54.0 Å². The van der Waals surface area contributed by atoms with Crippen LogP contribution in [-0.4, -0.2) is 30.9 Å². The Morgan fingerprint density at radius 3 is 2.62 bits per heavy atom. The van der Waals surface area contributed by atoms with Crippen molar-refractivity contribution < 1.29 is 14.0 Å². The molecule has 2 aromatic rings. The zero-order valence-corrected chi connectivity index (χ0v) is 15.2. The van der Waals surface area contributed by atoms with Gasteiger partial charge in [-0.1, -0.05) is 6.92 Å². The van der Waals surface area contributed by atoms with Crippen molar-refractivity contribution in [2.75, 3.05) is 23.3 Å². The number of hydrogen-bond acceptors (Lipinski definition) is 4. The molecule has 1 unspecified atom stereocenters. The van der Waals surface area contributed by atoms with Crippen molar-refractivity contribution >= 4 is 23.2 Å². The monoisotopic (exact) mass is 355 g/mol. The molecule has 2 amide bonds. The molecule has 1 atom stereocenters. The molecule has 1 saturated heterocycles. The number of hydrogen-bond donors (Lipinski definition) is 2. The fraction of sp³-hybridized carbons (Fsp3) is 0.400. The highest BCUT2D eigenvalue weighted by Gasteiger charge is 2.21. The van der Waals surface area contributed by atoms with E-state index in [9.17, 15) is 9.59 Å². The summed E-state index contributed by atoms with van der Waals surface area (Å²) in [6.07, 6.45) is 4.57. The summed E-state index contributed by atoms with van der Waals surface area (Å²) in [6, 6.07) is 8.84. The quantitative estimate of drug-likeness (QED) is 0.829. The van der Waals surface area contributed by atoms with Gasteiger partial charge in [-0.05, 0) is 56.5 Å². The van der Waals surface area contributed by atoms with Crippen molar-refractivity contribution in [3.8, 4) is 0 Å². The molecular formula is C20H25N3O3. The number of nitrogens with one attached hydrogen (secondary N) is 2. The molecule has 138 valence electrons. The fourth-order valence-corrected chi connectivity index (χ4v) is 3.03. The van der Waals surface area contributed by atoms with Gasteiger partial charge in [0.2, 0.25) is 0 Å². The van der Waals surface area contributed by atoms with E-state index in [-0.39, 0.29) is 23.6 Å². The van der Waals surface area contributed by atoms with Crippen LogP contribution in [0.3, 0.4) is 0 Å². The molecule has 1 aromatic carbocycles. The summed E-state index contributed by atoms with van der Waals surface area (Å²) in [6.45, 7) is 5.91. The predicted molar refractivity (Wildman–Crippen MR) is 102 cm³/mol. The number of carbonyl (C=O) groups excluding carboxylic acids is 2. The summed E-state index contributed by atoms with van der Waals surface area (Å²) in [5.74, 6) is -0.216. The van der Waals surface area contributed by atoms with Crippen LogP contribution in [0.25, 0.3) is 0 Å². The number of carbonyl (C=O) groups is 2. The van der Waals surface area contributed by atoms with Gasteiger partial charge in [0.05, 0.1) is 11.8 Å². The van der Waals surface area contributed by atoms with Gasteiger partial charge >= 0.3 is 0 Å². The summed E-state index contributed by atoms with van der Waals surface area (Å²) in [7, 11) is 0. The highest BCUT2D eigenvalue weighted by atomic mass is 16.3. The van der Waals surface area contributed by atoms with Gasteiger partial charge in [-0.2, -0.15) is 0 Å². The molecule has 3 rings (SSSR count). The Bertz CT molecular complexity index is 765. The van der Waals surface area contributed by atoms with Crippen LogP contribution >= 0.6 is 0 Å². The molecule has 0 aliphatic carbocycles.